The smallest absolute Gasteiger partial charge is 0.340 e. The third-order valence-corrected chi connectivity index (χ3v) is 2.35. The summed E-state index contributed by atoms with van der Waals surface area (Å²) >= 11 is 0. The second kappa shape index (κ2) is 4.79. The van der Waals surface area contributed by atoms with Crippen LogP contribution in [0, 0.1) is 0 Å². The van der Waals surface area contributed by atoms with Crippen LogP contribution in [0.2, 0.25) is 0 Å². The molecule has 0 saturated heterocycles. The fourth-order valence-corrected chi connectivity index (χ4v) is 1.47. The normalized spacial score (nSPS) is 10.1. The summed E-state index contributed by atoms with van der Waals surface area (Å²) in [5.41, 5.74) is 6.31. The number of hydrogen-bond donors (Lipinski definition) is 1. The molecule has 0 spiro atoms. The highest BCUT2D eigenvalue weighted by atomic mass is 16.5. The summed E-state index contributed by atoms with van der Waals surface area (Å²) in [6.07, 6.45) is 3.29. The van der Waals surface area contributed by atoms with Crippen LogP contribution in [0.25, 0.3) is 0 Å². The minimum absolute atomic E-state index is 0.277. The van der Waals surface area contributed by atoms with Gasteiger partial charge in [-0.1, -0.05) is 0 Å². The number of rotatable bonds is 3. The number of nitrogen functional groups attached to an aromatic ring is 1. The maximum atomic E-state index is 11.5. The summed E-state index contributed by atoms with van der Waals surface area (Å²) in [6.45, 7) is 0. The molecular weight excluding hydrogens is 234 g/mol. The van der Waals surface area contributed by atoms with E-state index in [0.29, 0.717) is 17.2 Å². The van der Waals surface area contributed by atoms with Gasteiger partial charge in [0.05, 0.1) is 25.1 Å². The Balaban J connectivity index is 2.27. The Bertz CT molecular complexity index is 578. The first-order valence-corrected chi connectivity index (χ1v) is 5.24. The van der Waals surface area contributed by atoms with Crippen LogP contribution in [0.1, 0.15) is 10.4 Å². The van der Waals surface area contributed by atoms with Gasteiger partial charge in [0.1, 0.15) is 5.75 Å². The Kier molecular flexibility index (Phi) is 3.18. The number of esters is 1. The van der Waals surface area contributed by atoms with Crippen LogP contribution in [-0.4, -0.2) is 22.9 Å². The van der Waals surface area contributed by atoms with Crippen LogP contribution in [0.4, 0.5) is 5.69 Å². The lowest BCUT2D eigenvalue weighted by Crippen LogP contribution is -2.05. The molecule has 0 saturated carbocycles. The van der Waals surface area contributed by atoms with Crippen molar-refractivity contribution in [3.63, 3.8) is 0 Å². The predicted molar refractivity (Wildman–Crippen MR) is 65.5 cm³/mol. The van der Waals surface area contributed by atoms with E-state index in [4.69, 9.17) is 10.5 Å². The summed E-state index contributed by atoms with van der Waals surface area (Å²) in [5.74, 6) is 0.583. The van der Waals surface area contributed by atoms with Gasteiger partial charge in [0, 0.05) is 12.7 Å². The Morgan fingerprint density at radius 1 is 1.39 bits per heavy atom. The second-order valence-electron chi connectivity index (χ2n) is 3.69. The van der Waals surface area contributed by atoms with Crippen LogP contribution in [0.5, 0.6) is 11.5 Å². The van der Waals surface area contributed by atoms with Crippen molar-refractivity contribution in [3.05, 3.63) is 36.2 Å². The Labute approximate surface area is 104 Å². The van der Waals surface area contributed by atoms with Crippen molar-refractivity contribution in [1.82, 2.24) is 9.78 Å². The Morgan fingerprint density at radius 3 is 2.78 bits per heavy atom. The minimum Gasteiger partial charge on any atom is -0.465 e. The van der Waals surface area contributed by atoms with E-state index in [9.17, 15) is 4.79 Å². The van der Waals surface area contributed by atoms with Gasteiger partial charge >= 0.3 is 5.97 Å². The van der Waals surface area contributed by atoms with Crippen molar-refractivity contribution < 1.29 is 14.3 Å². The summed E-state index contributed by atoms with van der Waals surface area (Å²) in [7, 11) is 3.09. The van der Waals surface area contributed by atoms with Gasteiger partial charge in [0.25, 0.3) is 0 Å². The summed E-state index contributed by atoms with van der Waals surface area (Å²) in [5, 5.41) is 3.98. The molecular formula is C12H13N3O3. The summed E-state index contributed by atoms with van der Waals surface area (Å²) < 4.78 is 11.8. The van der Waals surface area contributed by atoms with Crippen LogP contribution >= 0.6 is 0 Å². The number of anilines is 1. The van der Waals surface area contributed by atoms with Crippen molar-refractivity contribution in [2.24, 2.45) is 7.05 Å². The fourth-order valence-electron chi connectivity index (χ4n) is 1.47. The van der Waals surface area contributed by atoms with Gasteiger partial charge in [-0.3, -0.25) is 4.68 Å². The molecule has 0 aliphatic heterocycles. The zero-order chi connectivity index (χ0) is 13.1. The van der Waals surface area contributed by atoms with Crippen LogP contribution < -0.4 is 10.5 Å². The zero-order valence-electron chi connectivity index (χ0n) is 10.1. The SMILES string of the molecule is COC(=O)c1cc(Oc2cnn(C)c2)ccc1N. The Morgan fingerprint density at radius 2 is 2.17 bits per heavy atom. The van der Waals surface area contributed by atoms with E-state index in [-0.39, 0.29) is 5.56 Å². The number of aromatic nitrogens is 2. The van der Waals surface area contributed by atoms with E-state index in [1.165, 1.54) is 13.2 Å². The van der Waals surface area contributed by atoms with Gasteiger partial charge in [0.15, 0.2) is 5.75 Å². The van der Waals surface area contributed by atoms with E-state index in [2.05, 4.69) is 9.84 Å². The topological polar surface area (TPSA) is 79.4 Å². The minimum atomic E-state index is -0.496. The lowest BCUT2D eigenvalue weighted by atomic mass is 10.2. The van der Waals surface area contributed by atoms with Crippen molar-refractivity contribution in [2.75, 3.05) is 12.8 Å². The molecule has 1 heterocycles. The highest BCUT2D eigenvalue weighted by Crippen LogP contribution is 2.25. The number of ether oxygens (including phenoxy) is 2. The Hall–Kier alpha value is -2.50. The molecule has 0 aliphatic rings. The molecule has 1 aromatic heterocycles. The number of methoxy groups -OCH3 is 1. The van der Waals surface area contributed by atoms with Crippen molar-refractivity contribution >= 4 is 11.7 Å². The molecule has 6 heteroatoms. The quantitative estimate of drug-likeness (QED) is 0.658. The van der Waals surface area contributed by atoms with Gasteiger partial charge in [-0.05, 0) is 18.2 Å². The van der Waals surface area contributed by atoms with E-state index < -0.39 is 5.97 Å². The summed E-state index contributed by atoms with van der Waals surface area (Å²) in [6, 6.07) is 4.81. The number of carbonyl (C=O) groups is 1. The fraction of sp³-hybridized carbons (Fsp3) is 0.167. The van der Waals surface area contributed by atoms with E-state index in [0.717, 1.165) is 0 Å². The number of nitrogens with zero attached hydrogens (tertiary/aromatic N) is 2. The van der Waals surface area contributed by atoms with Crippen LogP contribution in [0.15, 0.2) is 30.6 Å². The molecule has 0 amide bonds. The number of nitrogens with two attached hydrogens (primary N) is 1. The molecule has 0 radical (unpaired) electrons. The zero-order valence-corrected chi connectivity index (χ0v) is 10.1. The number of aryl methyl sites for hydroxylation is 1. The molecule has 2 aromatic rings. The van der Waals surface area contributed by atoms with Crippen LogP contribution in [0.3, 0.4) is 0 Å². The van der Waals surface area contributed by atoms with Crippen LogP contribution in [-0.2, 0) is 11.8 Å². The van der Waals surface area contributed by atoms with Gasteiger partial charge in [-0.25, -0.2) is 4.79 Å². The number of benzene rings is 1. The van der Waals surface area contributed by atoms with Crippen molar-refractivity contribution in [3.8, 4) is 11.5 Å². The molecule has 6 nitrogen and oxygen atoms in total. The predicted octanol–water partition coefficient (Wildman–Crippen LogP) is 1.58. The van der Waals surface area contributed by atoms with E-state index in [1.54, 1.807) is 36.3 Å². The van der Waals surface area contributed by atoms with Gasteiger partial charge < -0.3 is 15.2 Å². The molecule has 0 fully saturated rings. The highest BCUT2D eigenvalue weighted by molar-refractivity contribution is 5.95. The first-order valence-electron chi connectivity index (χ1n) is 5.24. The average Bonchev–Trinajstić information content (AvgIpc) is 2.76. The lowest BCUT2D eigenvalue weighted by Gasteiger charge is -2.07. The largest absolute Gasteiger partial charge is 0.465 e. The maximum Gasteiger partial charge on any atom is 0.340 e. The average molecular weight is 247 g/mol. The molecule has 0 bridgehead atoms. The highest BCUT2D eigenvalue weighted by Gasteiger charge is 2.11. The van der Waals surface area contributed by atoms with Crippen molar-refractivity contribution in [2.45, 2.75) is 0 Å². The van der Waals surface area contributed by atoms with Gasteiger partial charge in [-0.15, -0.1) is 0 Å². The third kappa shape index (κ3) is 2.42. The second-order valence-corrected chi connectivity index (χ2v) is 3.69. The molecule has 0 unspecified atom stereocenters. The first kappa shape index (κ1) is 12.0. The lowest BCUT2D eigenvalue weighted by molar-refractivity contribution is 0.0601. The molecule has 94 valence electrons. The molecule has 2 N–H and O–H groups in total. The molecule has 0 aliphatic carbocycles. The monoisotopic (exact) mass is 247 g/mol. The molecule has 2 rings (SSSR count). The first-order chi connectivity index (χ1) is 8.60. The molecule has 1 aromatic carbocycles. The van der Waals surface area contributed by atoms with E-state index in [1.807, 2.05) is 0 Å². The third-order valence-electron chi connectivity index (χ3n) is 2.35. The number of hydrogen-bond acceptors (Lipinski definition) is 5. The van der Waals surface area contributed by atoms with Gasteiger partial charge in [0.2, 0.25) is 0 Å². The van der Waals surface area contributed by atoms with E-state index >= 15 is 0 Å². The maximum absolute atomic E-state index is 11.5. The standard InChI is InChI=1S/C12H13N3O3/c1-15-7-9(6-14-15)18-8-3-4-11(13)10(5-8)12(16)17-2/h3-7H,13H2,1-2H3. The molecule has 0 atom stereocenters. The number of carbonyl (C=O) groups excluding carboxylic acids is 1. The van der Waals surface area contributed by atoms with Gasteiger partial charge in [-0.2, -0.15) is 5.10 Å². The summed E-state index contributed by atoms with van der Waals surface area (Å²) in [4.78, 5) is 11.5. The molecule has 18 heavy (non-hydrogen) atoms. The van der Waals surface area contributed by atoms with Crippen molar-refractivity contribution in [1.29, 1.82) is 0 Å².